The molecule has 0 spiro atoms. The van der Waals surface area contributed by atoms with E-state index in [1.165, 1.54) is 12.1 Å². The number of nitrogens with zero attached hydrogens (tertiary/aromatic N) is 3. The molecule has 0 unspecified atom stereocenters. The number of hydrogen-bond donors (Lipinski definition) is 1. The maximum absolute atomic E-state index is 13.4. The highest BCUT2D eigenvalue weighted by Crippen LogP contribution is 2.21. The van der Waals surface area contributed by atoms with Crippen molar-refractivity contribution in [2.45, 2.75) is 26.4 Å². The molecule has 1 aliphatic heterocycles. The first-order valence-corrected chi connectivity index (χ1v) is 7.18. The first-order chi connectivity index (χ1) is 10.9. The lowest BCUT2D eigenvalue weighted by Gasteiger charge is -2.27. The number of benzene rings is 1. The molecule has 120 valence electrons. The summed E-state index contributed by atoms with van der Waals surface area (Å²) >= 11 is 0. The molecule has 2 aromatic rings. The Bertz CT molecular complexity index is 834. The van der Waals surface area contributed by atoms with E-state index in [2.05, 4.69) is 9.97 Å². The van der Waals surface area contributed by atoms with E-state index in [1.54, 1.807) is 6.92 Å². The lowest BCUT2D eigenvalue weighted by Crippen LogP contribution is -2.35. The van der Waals surface area contributed by atoms with Gasteiger partial charge < -0.3 is 4.98 Å². The molecule has 0 bridgehead atoms. The number of aromatic amines is 1. The van der Waals surface area contributed by atoms with Crippen molar-refractivity contribution >= 4 is 5.69 Å². The first kappa shape index (κ1) is 15.3. The molecule has 2 heterocycles. The van der Waals surface area contributed by atoms with Gasteiger partial charge in [-0.15, -0.1) is 0 Å². The van der Waals surface area contributed by atoms with Gasteiger partial charge in [-0.2, -0.15) is 4.39 Å². The van der Waals surface area contributed by atoms with E-state index in [9.17, 15) is 19.3 Å². The number of hydrogen-bond acceptors (Lipinski definition) is 5. The Morgan fingerprint density at radius 3 is 3.00 bits per heavy atom. The lowest BCUT2D eigenvalue weighted by atomic mass is 10.1. The minimum Gasteiger partial charge on any atom is -0.310 e. The van der Waals surface area contributed by atoms with Crippen LogP contribution in [0.2, 0.25) is 0 Å². The molecule has 0 radical (unpaired) electrons. The number of rotatable bonds is 3. The van der Waals surface area contributed by atoms with Crippen LogP contribution < -0.4 is 5.56 Å². The molecule has 1 aromatic heterocycles. The highest BCUT2D eigenvalue weighted by molar-refractivity contribution is 5.36. The summed E-state index contributed by atoms with van der Waals surface area (Å²) in [6, 6.07) is 3.86. The SMILES string of the molecule is Cc1nc2c(c(=O)[nH]1)CN(Cc1ccc(F)c([N+](=O)[O-])c1)CC2. The summed E-state index contributed by atoms with van der Waals surface area (Å²) in [4.78, 5) is 31.1. The number of nitro groups is 1. The highest BCUT2D eigenvalue weighted by atomic mass is 19.1. The van der Waals surface area contributed by atoms with Gasteiger partial charge in [-0.3, -0.25) is 19.8 Å². The average molecular weight is 318 g/mol. The van der Waals surface area contributed by atoms with Crippen LogP contribution in [0.15, 0.2) is 23.0 Å². The van der Waals surface area contributed by atoms with Gasteiger partial charge >= 0.3 is 5.69 Å². The molecule has 0 amide bonds. The molecule has 1 aliphatic rings. The first-order valence-electron chi connectivity index (χ1n) is 7.18. The van der Waals surface area contributed by atoms with Crippen LogP contribution in [0.4, 0.5) is 10.1 Å². The zero-order valence-electron chi connectivity index (χ0n) is 12.5. The van der Waals surface area contributed by atoms with Crippen LogP contribution in [0.1, 0.15) is 22.6 Å². The molecule has 0 atom stereocenters. The largest absolute Gasteiger partial charge is 0.310 e. The third-order valence-electron chi connectivity index (χ3n) is 3.88. The van der Waals surface area contributed by atoms with E-state index < -0.39 is 16.4 Å². The van der Waals surface area contributed by atoms with E-state index in [-0.39, 0.29) is 5.56 Å². The summed E-state index contributed by atoms with van der Waals surface area (Å²) in [5.74, 6) is -0.254. The quantitative estimate of drug-likeness (QED) is 0.686. The Morgan fingerprint density at radius 1 is 1.48 bits per heavy atom. The predicted molar refractivity (Wildman–Crippen MR) is 80.5 cm³/mol. The number of fused-ring (bicyclic) bond motifs is 1. The van der Waals surface area contributed by atoms with Crippen LogP contribution in [0, 0.1) is 22.9 Å². The van der Waals surface area contributed by atoms with Crippen molar-refractivity contribution in [1.82, 2.24) is 14.9 Å². The van der Waals surface area contributed by atoms with Gasteiger partial charge in [-0.1, -0.05) is 6.07 Å². The van der Waals surface area contributed by atoms with Crippen LogP contribution in [-0.4, -0.2) is 26.3 Å². The summed E-state index contributed by atoms with van der Waals surface area (Å²) < 4.78 is 13.4. The fourth-order valence-corrected chi connectivity index (χ4v) is 2.79. The smallest absolute Gasteiger partial charge is 0.305 e. The molecular weight excluding hydrogens is 303 g/mol. The third-order valence-corrected chi connectivity index (χ3v) is 3.88. The van der Waals surface area contributed by atoms with Gasteiger partial charge in [0.1, 0.15) is 5.82 Å². The van der Waals surface area contributed by atoms with Gasteiger partial charge in [0.15, 0.2) is 0 Å². The average Bonchev–Trinajstić information content (AvgIpc) is 2.49. The Balaban J connectivity index is 1.81. The van der Waals surface area contributed by atoms with Gasteiger partial charge in [0.2, 0.25) is 5.82 Å². The monoisotopic (exact) mass is 318 g/mol. The molecule has 0 saturated carbocycles. The number of H-pyrrole nitrogens is 1. The third kappa shape index (κ3) is 3.11. The molecular formula is C15H15FN4O3. The van der Waals surface area contributed by atoms with Crippen molar-refractivity contribution in [3.8, 4) is 0 Å². The van der Waals surface area contributed by atoms with Crippen molar-refractivity contribution in [3.05, 3.63) is 67.1 Å². The van der Waals surface area contributed by atoms with Gasteiger partial charge in [-0.25, -0.2) is 4.98 Å². The zero-order chi connectivity index (χ0) is 16.6. The second kappa shape index (κ2) is 5.88. The van der Waals surface area contributed by atoms with E-state index in [0.717, 1.165) is 11.8 Å². The second-order valence-corrected chi connectivity index (χ2v) is 5.58. The van der Waals surface area contributed by atoms with Gasteiger partial charge in [-0.05, 0) is 18.6 Å². The molecule has 0 aliphatic carbocycles. The minimum absolute atomic E-state index is 0.151. The molecule has 23 heavy (non-hydrogen) atoms. The van der Waals surface area contributed by atoms with Crippen LogP contribution in [0.25, 0.3) is 0 Å². The van der Waals surface area contributed by atoms with Crippen molar-refractivity contribution < 1.29 is 9.31 Å². The highest BCUT2D eigenvalue weighted by Gasteiger charge is 2.22. The Labute approximate surface area is 130 Å². The molecule has 0 saturated heterocycles. The summed E-state index contributed by atoms with van der Waals surface area (Å²) in [6.45, 7) is 3.26. The summed E-state index contributed by atoms with van der Waals surface area (Å²) in [5.41, 5.74) is 1.38. The summed E-state index contributed by atoms with van der Waals surface area (Å²) in [6.07, 6.45) is 0.642. The molecule has 8 heteroatoms. The van der Waals surface area contributed by atoms with Crippen LogP contribution in [0.3, 0.4) is 0 Å². The van der Waals surface area contributed by atoms with Gasteiger partial charge in [0, 0.05) is 32.1 Å². The van der Waals surface area contributed by atoms with Crippen LogP contribution in [0.5, 0.6) is 0 Å². The van der Waals surface area contributed by atoms with Crippen molar-refractivity contribution in [1.29, 1.82) is 0 Å². The number of aryl methyl sites for hydroxylation is 1. The van der Waals surface area contributed by atoms with Crippen LogP contribution >= 0.6 is 0 Å². The lowest BCUT2D eigenvalue weighted by molar-refractivity contribution is -0.387. The predicted octanol–water partition coefficient (Wildman–Crippen LogP) is 1.68. The van der Waals surface area contributed by atoms with E-state index in [4.69, 9.17) is 0 Å². The normalized spacial score (nSPS) is 14.5. The van der Waals surface area contributed by atoms with E-state index in [0.29, 0.717) is 43.0 Å². The molecule has 1 N–H and O–H groups in total. The molecule has 0 fully saturated rings. The molecule has 7 nitrogen and oxygen atoms in total. The Morgan fingerprint density at radius 2 is 2.26 bits per heavy atom. The number of aromatic nitrogens is 2. The minimum atomic E-state index is -0.848. The van der Waals surface area contributed by atoms with Crippen molar-refractivity contribution in [3.63, 3.8) is 0 Å². The number of nitrogens with one attached hydrogen (secondary N) is 1. The fourth-order valence-electron chi connectivity index (χ4n) is 2.79. The maximum Gasteiger partial charge on any atom is 0.305 e. The van der Waals surface area contributed by atoms with Gasteiger partial charge in [0.05, 0.1) is 16.2 Å². The topological polar surface area (TPSA) is 92.1 Å². The fraction of sp³-hybridized carbons (Fsp3) is 0.333. The summed E-state index contributed by atoms with van der Waals surface area (Å²) in [7, 11) is 0. The maximum atomic E-state index is 13.4. The summed E-state index contributed by atoms with van der Waals surface area (Å²) in [5, 5.41) is 10.8. The van der Waals surface area contributed by atoms with Crippen molar-refractivity contribution in [2.75, 3.05) is 6.54 Å². The standard InChI is InChI=1S/C15H15FN4O3/c1-9-17-13-4-5-19(8-11(13)15(21)18-9)7-10-2-3-12(16)14(6-10)20(22)23/h2-3,6H,4-5,7-8H2,1H3,(H,17,18,21). The van der Waals surface area contributed by atoms with Crippen LogP contribution in [-0.2, 0) is 19.5 Å². The Hall–Kier alpha value is -2.61. The molecule has 1 aromatic carbocycles. The van der Waals surface area contributed by atoms with Gasteiger partial charge in [0.25, 0.3) is 5.56 Å². The molecule has 3 rings (SSSR count). The number of halogens is 1. The number of nitro benzene ring substituents is 1. The van der Waals surface area contributed by atoms with Crippen molar-refractivity contribution in [2.24, 2.45) is 0 Å². The second-order valence-electron chi connectivity index (χ2n) is 5.58. The Kier molecular flexibility index (Phi) is 3.91. The van der Waals surface area contributed by atoms with E-state index in [1.807, 2.05) is 4.90 Å². The zero-order valence-corrected chi connectivity index (χ0v) is 12.5. The van der Waals surface area contributed by atoms with E-state index >= 15 is 0 Å².